The number of ether oxygens (including phenoxy) is 3. The monoisotopic (exact) mass is 353 g/mol. The number of hydrogen-bond donors (Lipinski definition) is 0. The van der Waals surface area contributed by atoms with Crippen molar-refractivity contribution in [3.8, 4) is 0 Å². The van der Waals surface area contributed by atoms with Gasteiger partial charge < -0.3 is 19.1 Å². The van der Waals surface area contributed by atoms with Gasteiger partial charge in [-0.1, -0.05) is 0 Å². The Morgan fingerprint density at radius 3 is 2.22 bits per heavy atom. The highest BCUT2D eigenvalue weighted by Gasteiger charge is 2.15. The van der Waals surface area contributed by atoms with Crippen LogP contribution in [0.5, 0.6) is 0 Å². The molecule has 0 radical (unpaired) electrons. The minimum absolute atomic E-state index is 0.000314. The van der Waals surface area contributed by atoms with Gasteiger partial charge in [0.15, 0.2) is 9.84 Å². The summed E-state index contributed by atoms with van der Waals surface area (Å²) in [4.78, 5) is 13.3. The minimum Gasteiger partial charge on any atom is -0.379 e. The van der Waals surface area contributed by atoms with Gasteiger partial charge in [-0.3, -0.25) is 4.79 Å². The molecule has 0 saturated heterocycles. The van der Waals surface area contributed by atoms with Crippen molar-refractivity contribution >= 4 is 15.7 Å². The van der Waals surface area contributed by atoms with E-state index in [1.54, 1.807) is 20.9 Å². The van der Waals surface area contributed by atoms with Crippen LogP contribution in [0.15, 0.2) is 0 Å². The predicted octanol–water partition coefficient (Wildman–Crippen LogP) is 0.726. The first-order valence-electron chi connectivity index (χ1n) is 7.89. The fraction of sp³-hybridized carbons (Fsp3) is 0.933. The van der Waals surface area contributed by atoms with Crippen LogP contribution in [0.2, 0.25) is 0 Å². The third-order valence-electron chi connectivity index (χ3n) is 3.13. The van der Waals surface area contributed by atoms with Crippen LogP contribution in [0.3, 0.4) is 0 Å². The molecule has 0 aliphatic heterocycles. The molecule has 1 amide bonds. The smallest absolute Gasteiger partial charge is 0.248 e. The van der Waals surface area contributed by atoms with Gasteiger partial charge in [-0.15, -0.1) is 0 Å². The van der Waals surface area contributed by atoms with E-state index in [1.165, 1.54) is 4.90 Å². The second kappa shape index (κ2) is 11.8. The first-order valence-corrected chi connectivity index (χ1v) is 9.61. The SMILES string of the molecule is CC(C)OCCOCC(=O)N(C)CCOCCS(=O)(=O)C(C)C. The Bertz CT molecular complexity index is 422. The maximum Gasteiger partial charge on any atom is 0.248 e. The fourth-order valence-electron chi connectivity index (χ4n) is 1.45. The third kappa shape index (κ3) is 11.5. The van der Waals surface area contributed by atoms with Gasteiger partial charge >= 0.3 is 0 Å². The highest BCUT2D eigenvalue weighted by atomic mass is 32.2. The molecule has 0 rings (SSSR count). The van der Waals surface area contributed by atoms with E-state index in [0.29, 0.717) is 26.4 Å². The maximum absolute atomic E-state index is 11.8. The van der Waals surface area contributed by atoms with Crippen LogP contribution in [0, 0.1) is 0 Å². The molecule has 23 heavy (non-hydrogen) atoms. The molecule has 0 saturated carbocycles. The zero-order chi connectivity index (χ0) is 17.9. The summed E-state index contributed by atoms with van der Waals surface area (Å²) in [7, 11) is -1.42. The predicted molar refractivity (Wildman–Crippen MR) is 89.3 cm³/mol. The van der Waals surface area contributed by atoms with E-state index in [0.717, 1.165) is 0 Å². The standard InChI is InChI=1S/C15H31NO6S/c1-13(2)22-9-8-21-12-15(17)16(5)6-7-20-10-11-23(18,19)14(3)4/h13-14H,6-12H2,1-5H3. The number of carbonyl (C=O) groups excluding carboxylic acids is 1. The van der Waals surface area contributed by atoms with E-state index in [2.05, 4.69) is 0 Å². The quantitative estimate of drug-likeness (QED) is 0.454. The van der Waals surface area contributed by atoms with Crippen molar-refractivity contribution in [3.63, 3.8) is 0 Å². The van der Waals surface area contributed by atoms with Crippen molar-refractivity contribution in [1.82, 2.24) is 4.90 Å². The molecular weight excluding hydrogens is 322 g/mol. The van der Waals surface area contributed by atoms with Crippen molar-refractivity contribution in [2.24, 2.45) is 0 Å². The number of sulfone groups is 1. The first kappa shape index (κ1) is 22.3. The molecule has 0 bridgehead atoms. The molecule has 0 aromatic rings. The van der Waals surface area contributed by atoms with Crippen molar-refractivity contribution in [2.45, 2.75) is 39.0 Å². The number of nitrogens with zero attached hydrogens (tertiary/aromatic N) is 1. The molecule has 0 unspecified atom stereocenters. The van der Waals surface area contributed by atoms with Gasteiger partial charge in [-0.05, 0) is 27.7 Å². The molecule has 0 atom stereocenters. The van der Waals surface area contributed by atoms with Crippen molar-refractivity contribution in [2.75, 3.05) is 52.4 Å². The zero-order valence-electron chi connectivity index (χ0n) is 14.9. The normalized spacial score (nSPS) is 12.1. The lowest BCUT2D eigenvalue weighted by molar-refractivity contribution is -0.136. The molecule has 8 heteroatoms. The van der Waals surface area contributed by atoms with Gasteiger partial charge in [0.25, 0.3) is 0 Å². The lowest BCUT2D eigenvalue weighted by atomic mass is 10.5. The van der Waals surface area contributed by atoms with E-state index in [1.807, 2.05) is 13.8 Å². The van der Waals surface area contributed by atoms with Crippen LogP contribution in [-0.4, -0.2) is 83.0 Å². The molecule has 0 aliphatic rings. The number of carbonyl (C=O) groups is 1. The minimum atomic E-state index is -3.08. The molecule has 0 spiro atoms. The van der Waals surface area contributed by atoms with Crippen LogP contribution in [-0.2, 0) is 28.8 Å². The van der Waals surface area contributed by atoms with Crippen LogP contribution in [0.4, 0.5) is 0 Å². The second-order valence-electron chi connectivity index (χ2n) is 5.82. The maximum atomic E-state index is 11.8. The summed E-state index contributed by atoms with van der Waals surface area (Å²) in [5.74, 6) is -0.144. The van der Waals surface area contributed by atoms with Crippen LogP contribution >= 0.6 is 0 Å². The van der Waals surface area contributed by atoms with E-state index in [-0.39, 0.29) is 31.0 Å². The van der Waals surface area contributed by atoms with Crippen LogP contribution in [0.25, 0.3) is 0 Å². The summed E-state index contributed by atoms with van der Waals surface area (Å²) >= 11 is 0. The number of amides is 1. The van der Waals surface area contributed by atoms with Gasteiger partial charge in [0.05, 0.1) is 43.5 Å². The Labute approximate surface area is 140 Å². The van der Waals surface area contributed by atoms with Crippen molar-refractivity contribution in [3.05, 3.63) is 0 Å². The second-order valence-corrected chi connectivity index (χ2v) is 8.49. The molecule has 0 N–H and O–H groups in total. The van der Waals surface area contributed by atoms with Crippen molar-refractivity contribution in [1.29, 1.82) is 0 Å². The summed E-state index contributed by atoms with van der Waals surface area (Å²) < 4.78 is 39.0. The molecule has 7 nitrogen and oxygen atoms in total. The summed E-state index contributed by atoms with van der Waals surface area (Å²) in [6.07, 6.45) is 0.147. The van der Waals surface area contributed by atoms with Gasteiger partial charge in [0, 0.05) is 13.6 Å². The molecule has 0 fully saturated rings. The van der Waals surface area contributed by atoms with Crippen LogP contribution < -0.4 is 0 Å². The zero-order valence-corrected chi connectivity index (χ0v) is 15.7. The lowest BCUT2D eigenvalue weighted by Crippen LogP contribution is -2.34. The first-order chi connectivity index (χ1) is 10.7. The largest absolute Gasteiger partial charge is 0.379 e. The number of rotatable bonds is 13. The Morgan fingerprint density at radius 2 is 1.65 bits per heavy atom. The Morgan fingerprint density at radius 1 is 1.00 bits per heavy atom. The lowest BCUT2D eigenvalue weighted by Gasteiger charge is -2.17. The Kier molecular flexibility index (Phi) is 11.4. The van der Waals surface area contributed by atoms with E-state index >= 15 is 0 Å². The summed E-state index contributed by atoms with van der Waals surface area (Å²) in [5, 5.41) is -0.396. The Hall–Kier alpha value is -0.700. The van der Waals surface area contributed by atoms with E-state index < -0.39 is 15.1 Å². The molecule has 0 aliphatic carbocycles. The summed E-state index contributed by atoms with van der Waals surface area (Å²) in [5.41, 5.74) is 0. The molecular formula is C15H31NO6S. The molecule has 0 aromatic heterocycles. The summed E-state index contributed by atoms with van der Waals surface area (Å²) in [6.45, 7) is 8.84. The van der Waals surface area contributed by atoms with Gasteiger partial charge in [-0.2, -0.15) is 0 Å². The highest BCUT2D eigenvalue weighted by molar-refractivity contribution is 7.91. The number of likely N-dealkylation sites (N-methyl/N-ethyl adjacent to an activating group) is 1. The highest BCUT2D eigenvalue weighted by Crippen LogP contribution is 2.00. The topological polar surface area (TPSA) is 82.1 Å². The number of hydrogen-bond acceptors (Lipinski definition) is 6. The summed E-state index contributed by atoms with van der Waals surface area (Å²) in [6, 6.07) is 0. The van der Waals surface area contributed by atoms with Crippen LogP contribution in [0.1, 0.15) is 27.7 Å². The fourth-order valence-corrected chi connectivity index (χ4v) is 2.27. The molecule has 138 valence electrons. The van der Waals surface area contributed by atoms with E-state index in [9.17, 15) is 13.2 Å². The van der Waals surface area contributed by atoms with Gasteiger partial charge in [0.1, 0.15) is 6.61 Å². The third-order valence-corrected chi connectivity index (χ3v) is 5.30. The van der Waals surface area contributed by atoms with Gasteiger partial charge in [0.2, 0.25) is 5.91 Å². The van der Waals surface area contributed by atoms with Gasteiger partial charge in [-0.25, -0.2) is 8.42 Å². The van der Waals surface area contributed by atoms with E-state index in [4.69, 9.17) is 14.2 Å². The average Bonchev–Trinajstić information content (AvgIpc) is 2.45. The Balaban J connectivity index is 3.69. The molecule has 0 heterocycles. The van der Waals surface area contributed by atoms with Crippen molar-refractivity contribution < 1.29 is 27.4 Å². The average molecular weight is 353 g/mol. The molecule has 0 aromatic carbocycles.